The average Bonchev–Trinajstić information content (AvgIpc) is 2.97. The van der Waals surface area contributed by atoms with E-state index in [9.17, 15) is 0 Å². The predicted octanol–water partition coefficient (Wildman–Crippen LogP) is 3.70. The molecule has 6 nitrogen and oxygen atoms in total. The maximum atomic E-state index is 6.22. The van der Waals surface area contributed by atoms with Crippen LogP contribution in [0.3, 0.4) is 0 Å². The third-order valence-electron chi connectivity index (χ3n) is 5.36. The normalized spacial score (nSPS) is 19.2. The number of halogens is 1. The van der Waals surface area contributed by atoms with Gasteiger partial charge in [0.25, 0.3) is 0 Å². The van der Waals surface area contributed by atoms with Crippen molar-refractivity contribution in [1.29, 1.82) is 0 Å². The van der Waals surface area contributed by atoms with Crippen LogP contribution in [-0.2, 0) is 20.8 Å². The number of hydrogen-bond acceptors (Lipinski definition) is 5. The Morgan fingerprint density at radius 2 is 1.78 bits per heavy atom. The zero-order valence-corrected chi connectivity index (χ0v) is 19.1. The van der Waals surface area contributed by atoms with Gasteiger partial charge in [-0.25, -0.2) is 0 Å². The summed E-state index contributed by atoms with van der Waals surface area (Å²) >= 11 is 6.10. The van der Waals surface area contributed by atoms with Gasteiger partial charge < -0.3 is 18.6 Å². The summed E-state index contributed by atoms with van der Waals surface area (Å²) in [6.07, 6.45) is 1.98. The maximum absolute atomic E-state index is 6.22. The van der Waals surface area contributed by atoms with Crippen LogP contribution in [-0.4, -0.2) is 47.8 Å². The second-order valence-corrected chi connectivity index (χ2v) is 15.4. The topological polar surface area (TPSA) is 58.4 Å². The number of rotatable bonds is 6. The molecule has 0 saturated carbocycles. The summed E-state index contributed by atoms with van der Waals surface area (Å²) in [4.78, 5) is 0. The van der Waals surface area contributed by atoms with E-state index < -0.39 is 26.4 Å². The number of hydrogen-bond donors (Lipinski definition) is 0. The van der Waals surface area contributed by atoms with Gasteiger partial charge >= 0.3 is 7.12 Å². The Bertz CT molecular complexity index is 819. The zero-order chi connectivity index (χ0) is 20.0. The van der Waals surface area contributed by atoms with E-state index >= 15 is 0 Å². The van der Waals surface area contributed by atoms with Crippen molar-refractivity contribution in [3.8, 4) is 0 Å². The van der Waals surface area contributed by atoms with Gasteiger partial charge in [0, 0.05) is 31.7 Å². The van der Waals surface area contributed by atoms with Gasteiger partial charge in [0.2, 0.25) is 0 Å². The highest BCUT2D eigenvalue weighted by Crippen LogP contribution is 2.37. The maximum Gasteiger partial charge on any atom is 0.497 e. The summed E-state index contributed by atoms with van der Waals surface area (Å²) in [6.45, 7) is 16.3. The van der Waals surface area contributed by atoms with Gasteiger partial charge in [-0.3, -0.25) is 0 Å². The lowest BCUT2D eigenvalue weighted by atomic mass is 9.79. The molecular formula is C18H29BClN3O3Si. The fourth-order valence-corrected chi connectivity index (χ4v) is 3.79. The van der Waals surface area contributed by atoms with E-state index in [1.165, 1.54) is 0 Å². The quantitative estimate of drug-likeness (QED) is 0.538. The van der Waals surface area contributed by atoms with Crippen molar-refractivity contribution in [2.75, 3.05) is 6.61 Å². The Balaban J connectivity index is 1.87. The van der Waals surface area contributed by atoms with Gasteiger partial charge in [0.15, 0.2) is 10.8 Å². The number of nitrogens with zero attached hydrogens (tertiary/aromatic N) is 3. The van der Waals surface area contributed by atoms with Crippen molar-refractivity contribution in [2.45, 2.75) is 71.3 Å². The molecule has 0 amide bonds. The monoisotopic (exact) mass is 409 g/mol. The highest BCUT2D eigenvalue weighted by molar-refractivity contribution is 6.76. The van der Waals surface area contributed by atoms with E-state index in [1.54, 1.807) is 0 Å². The van der Waals surface area contributed by atoms with Gasteiger partial charge in [0.1, 0.15) is 6.73 Å². The molecule has 148 valence electrons. The summed E-state index contributed by atoms with van der Waals surface area (Å²) in [5.74, 6) is 0. The van der Waals surface area contributed by atoms with Crippen LogP contribution in [0.25, 0.3) is 11.0 Å². The Hall–Kier alpha value is -0.928. The summed E-state index contributed by atoms with van der Waals surface area (Å²) < 4.78 is 20.3. The molecule has 1 fully saturated rings. The van der Waals surface area contributed by atoms with Gasteiger partial charge in [-0.05, 0) is 39.8 Å². The number of aromatic nitrogens is 3. The highest BCUT2D eigenvalue weighted by atomic mass is 35.5. The van der Waals surface area contributed by atoms with Crippen LogP contribution >= 0.6 is 11.6 Å². The van der Waals surface area contributed by atoms with Crippen molar-refractivity contribution in [3.63, 3.8) is 0 Å². The molecule has 0 spiro atoms. The second-order valence-electron chi connectivity index (χ2n) is 9.39. The first-order valence-corrected chi connectivity index (χ1v) is 13.4. The smallest absolute Gasteiger partial charge is 0.399 e. The first kappa shape index (κ1) is 20.8. The van der Waals surface area contributed by atoms with E-state index in [2.05, 4.69) is 29.8 Å². The average molecular weight is 410 g/mol. The van der Waals surface area contributed by atoms with Crippen molar-refractivity contribution in [1.82, 2.24) is 14.8 Å². The van der Waals surface area contributed by atoms with Gasteiger partial charge in [0.05, 0.1) is 11.2 Å². The lowest BCUT2D eigenvalue weighted by molar-refractivity contribution is 0.00578. The molecular weight excluding hydrogens is 381 g/mol. The van der Waals surface area contributed by atoms with Crippen LogP contribution in [0.2, 0.25) is 30.8 Å². The van der Waals surface area contributed by atoms with Gasteiger partial charge in [-0.1, -0.05) is 31.2 Å². The molecule has 1 saturated heterocycles. The second kappa shape index (κ2) is 7.15. The van der Waals surface area contributed by atoms with Crippen LogP contribution in [0.5, 0.6) is 0 Å². The van der Waals surface area contributed by atoms with E-state index in [1.807, 2.05) is 44.5 Å². The SMILES string of the molecule is CC1(C)OB(c2cn(COCC[Si](C)(C)C)c3nnc(Cl)cc23)OC1(C)C. The molecule has 1 aliphatic rings. The van der Waals surface area contributed by atoms with Crippen molar-refractivity contribution >= 4 is 43.3 Å². The van der Waals surface area contributed by atoms with Crippen molar-refractivity contribution in [2.24, 2.45) is 0 Å². The Morgan fingerprint density at radius 1 is 1.15 bits per heavy atom. The number of ether oxygens (including phenoxy) is 1. The molecule has 0 radical (unpaired) electrons. The fraction of sp³-hybridized carbons (Fsp3) is 0.667. The van der Waals surface area contributed by atoms with Crippen LogP contribution in [0.1, 0.15) is 27.7 Å². The molecule has 0 unspecified atom stereocenters. The Morgan fingerprint density at radius 3 is 2.37 bits per heavy atom. The van der Waals surface area contributed by atoms with Crippen LogP contribution in [0.4, 0.5) is 0 Å². The Kier molecular flexibility index (Phi) is 5.51. The Labute approximate surface area is 167 Å². The van der Waals surface area contributed by atoms with Crippen LogP contribution < -0.4 is 5.46 Å². The minimum absolute atomic E-state index is 0.345. The van der Waals surface area contributed by atoms with Crippen LogP contribution in [0.15, 0.2) is 12.3 Å². The molecule has 3 rings (SSSR count). The van der Waals surface area contributed by atoms with Crippen molar-refractivity contribution < 1.29 is 14.0 Å². The zero-order valence-electron chi connectivity index (χ0n) is 17.3. The molecule has 0 atom stereocenters. The standard InChI is InChI=1S/C18H29BClN3O3Si/c1-17(2)18(3,4)26-19(25-17)14-11-23(12-24-8-9-27(5,6)7)16-13(14)10-15(20)21-22-16/h10-11H,8-9,12H2,1-7H3. The molecule has 2 aromatic heterocycles. The molecule has 0 aromatic carbocycles. The molecule has 2 aromatic rings. The predicted molar refractivity (Wildman–Crippen MR) is 112 cm³/mol. The third-order valence-corrected chi connectivity index (χ3v) is 7.25. The molecule has 0 aliphatic carbocycles. The first-order chi connectivity index (χ1) is 12.4. The minimum Gasteiger partial charge on any atom is -0.399 e. The molecule has 0 bridgehead atoms. The molecule has 0 N–H and O–H groups in total. The number of fused-ring (bicyclic) bond motifs is 1. The minimum atomic E-state index is -1.12. The molecule has 1 aliphatic heterocycles. The lowest BCUT2D eigenvalue weighted by Gasteiger charge is -2.32. The summed E-state index contributed by atoms with van der Waals surface area (Å²) in [5, 5.41) is 9.49. The fourth-order valence-electron chi connectivity index (χ4n) is 2.88. The summed E-state index contributed by atoms with van der Waals surface area (Å²) in [5.41, 5.74) is 0.792. The van der Waals surface area contributed by atoms with Gasteiger partial charge in [-0.15, -0.1) is 10.2 Å². The van der Waals surface area contributed by atoms with E-state index in [0.29, 0.717) is 11.9 Å². The molecule has 27 heavy (non-hydrogen) atoms. The van der Waals surface area contributed by atoms with Crippen molar-refractivity contribution in [3.05, 3.63) is 17.4 Å². The largest absolute Gasteiger partial charge is 0.497 e. The first-order valence-electron chi connectivity index (χ1n) is 9.35. The van der Waals surface area contributed by atoms with Crippen LogP contribution in [0, 0.1) is 0 Å². The highest BCUT2D eigenvalue weighted by Gasteiger charge is 2.52. The molecule has 9 heteroatoms. The van der Waals surface area contributed by atoms with Gasteiger partial charge in [-0.2, -0.15) is 0 Å². The summed E-state index contributed by atoms with van der Waals surface area (Å²) in [7, 11) is -1.61. The molecule has 3 heterocycles. The third kappa shape index (κ3) is 4.40. The summed E-state index contributed by atoms with van der Waals surface area (Å²) in [6, 6.07) is 2.93. The lowest BCUT2D eigenvalue weighted by Crippen LogP contribution is -2.41. The van der Waals surface area contributed by atoms with E-state index in [4.69, 9.17) is 25.6 Å². The van der Waals surface area contributed by atoms with E-state index in [0.717, 1.165) is 29.1 Å². The van der Waals surface area contributed by atoms with E-state index in [-0.39, 0.29) is 0 Å².